The van der Waals surface area contributed by atoms with Gasteiger partial charge in [0.05, 0.1) is 11.1 Å². The van der Waals surface area contributed by atoms with Crippen LogP contribution in [0.4, 0.5) is 0 Å². The van der Waals surface area contributed by atoms with Crippen LogP contribution in [-0.4, -0.2) is 10.6 Å². The minimum Gasteiger partial charge on any atom is -0.408 e. The maximum absolute atomic E-state index is 11.9. The molecule has 1 heterocycles. The van der Waals surface area contributed by atoms with Crippen LogP contribution < -0.4 is 5.76 Å². The maximum atomic E-state index is 11.9. The molecule has 0 radical (unpaired) electrons. The van der Waals surface area contributed by atoms with Gasteiger partial charge >= 0.3 is 5.76 Å². The molecule has 0 bridgehead atoms. The summed E-state index contributed by atoms with van der Waals surface area (Å²) in [6.07, 6.45) is 5.51. The molecule has 0 unspecified atom stereocenters. The topological polar surface area (TPSA) is 64.6 Å². The Balaban J connectivity index is 2.23. The molecule has 1 aromatic carbocycles. The number of carbonyl (C=O) groups excluding carboxylic acids is 1. The van der Waals surface area contributed by atoms with Gasteiger partial charge in [0.1, 0.15) is 0 Å². The Morgan fingerprint density at radius 1 is 1.33 bits per heavy atom. The molecule has 3 rings (SSSR count). The van der Waals surface area contributed by atoms with Crippen molar-refractivity contribution in [3.8, 4) is 0 Å². The lowest BCUT2D eigenvalue weighted by molar-refractivity contribution is 0.456. The van der Waals surface area contributed by atoms with Crippen molar-refractivity contribution in [2.75, 3.05) is 0 Å². The molecule has 110 valence electrons. The monoisotopic (exact) mass is 286 g/mol. The van der Waals surface area contributed by atoms with Gasteiger partial charge in [0.25, 0.3) is 0 Å². The molecule has 2 aromatic rings. The van der Waals surface area contributed by atoms with E-state index in [1.807, 2.05) is 26.0 Å². The van der Waals surface area contributed by atoms with Crippen LogP contribution in [0.1, 0.15) is 51.1 Å². The Morgan fingerprint density at radius 3 is 2.67 bits per heavy atom. The number of nitrogens with zero attached hydrogens (tertiary/aromatic N) is 2. The molecule has 1 aromatic heterocycles. The summed E-state index contributed by atoms with van der Waals surface area (Å²) >= 11 is 0. The second-order valence-electron chi connectivity index (χ2n) is 5.96. The molecule has 0 saturated heterocycles. The maximum Gasteiger partial charge on any atom is 0.420 e. The van der Waals surface area contributed by atoms with Gasteiger partial charge in [0, 0.05) is 6.04 Å². The van der Waals surface area contributed by atoms with E-state index in [4.69, 9.17) is 4.42 Å². The summed E-state index contributed by atoms with van der Waals surface area (Å²) in [5.41, 5.74) is 1.82. The molecule has 1 aliphatic carbocycles. The molecule has 1 fully saturated rings. The highest BCUT2D eigenvalue weighted by atomic mass is 16.4. The first kappa shape index (κ1) is 13.8. The van der Waals surface area contributed by atoms with E-state index in [-0.39, 0.29) is 11.8 Å². The van der Waals surface area contributed by atoms with Crippen molar-refractivity contribution in [1.82, 2.24) is 4.57 Å². The molecule has 0 aliphatic heterocycles. The number of rotatable bonds is 3. The fourth-order valence-corrected chi connectivity index (χ4v) is 3.32. The van der Waals surface area contributed by atoms with Crippen LogP contribution in [-0.2, 0) is 10.3 Å². The van der Waals surface area contributed by atoms with Crippen LogP contribution >= 0.6 is 0 Å². The Labute approximate surface area is 122 Å². The predicted octanol–water partition coefficient (Wildman–Crippen LogP) is 3.28. The van der Waals surface area contributed by atoms with Crippen molar-refractivity contribution >= 4 is 17.2 Å². The molecule has 5 nitrogen and oxygen atoms in total. The van der Waals surface area contributed by atoms with Crippen LogP contribution in [0.15, 0.2) is 32.4 Å². The molecule has 1 saturated carbocycles. The molecule has 0 atom stereocenters. The largest absolute Gasteiger partial charge is 0.420 e. The Kier molecular flexibility index (Phi) is 3.30. The number of hydrogen-bond donors (Lipinski definition) is 0. The molecule has 5 heteroatoms. The summed E-state index contributed by atoms with van der Waals surface area (Å²) in [4.78, 5) is 26.8. The van der Waals surface area contributed by atoms with Gasteiger partial charge in [0.15, 0.2) is 5.58 Å². The summed E-state index contributed by atoms with van der Waals surface area (Å²) in [6.45, 7) is 3.88. The van der Waals surface area contributed by atoms with E-state index in [9.17, 15) is 9.59 Å². The normalized spacial score (nSPS) is 17.3. The van der Waals surface area contributed by atoms with E-state index >= 15 is 0 Å². The van der Waals surface area contributed by atoms with Gasteiger partial charge in [-0.2, -0.15) is 4.99 Å². The van der Waals surface area contributed by atoms with Gasteiger partial charge in [-0.05, 0) is 44.4 Å². The number of hydrogen-bond acceptors (Lipinski definition) is 4. The number of aliphatic imine (C=N–C) groups is 1. The highest BCUT2D eigenvalue weighted by Gasteiger charge is 2.36. The zero-order valence-corrected chi connectivity index (χ0v) is 12.3. The zero-order valence-electron chi connectivity index (χ0n) is 12.3. The van der Waals surface area contributed by atoms with Crippen LogP contribution in [0, 0.1) is 0 Å². The summed E-state index contributed by atoms with van der Waals surface area (Å²) in [7, 11) is 0. The van der Waals surface area contributed by atoms with Gasteiger partial charge in [-0.1, -0.05) is 18.9 Å². The lowest BCUT2D eigenvalue weighted by Crippen LogP contribution is -2.19. The Morgan fingerprint density at radius 2 is 2.05 bits per heavy atom. The molecule has 0 N–H and O–H groups in total. The third-order valence-electron chi connectivity index (χ3n) is 4.36. The molecular weight excluding hydrogens is 268 g/mol. The molecule has 0 spiro atoms. The standard InChI is InChI=1S/C16H18N2O3/c1-11(2)18-13-9-12(5-6-14(13)21-15(18)20)16(17-10-19)7-3-4-8-16/h5-6,9,11H,3-4,7-8H2,1-2H3. The third kappa shape index (κ3) is 2.14. The number of benzene rings is 1. The number of oxazole rings is 1. The summed E-state index contributed by atoms with van der Waals surface area (Å²) < 4.78 is 6.90. The number of fused-ring (bicyclic) bond motifs is 1. The van der Waals surface area contributed by atoms with Crippen molar-refractivity contribution in [3.05, 3.63) is 34.3 Å². The summed E-state index contributed by atoms with van der Waals surface area (Å²) in [5.74, 6) is -0.350. The third-order valence-corrected chi connectivity index (χ3v) is 4.36. The first-order valence-electron chi connectivity index (χ1n) is 7.32. The van der Waals surface area contributed by atoms with E-state index in [2.05, 4.69) is 4.99 Å². The Bertz CT molecular complexity index is 772. The highest BCUT2D eigenvalue weighted by Crippen LogP contribution is 2.42. The van der Waals surface area contributed by atoms with Crippen LogP contribution in [0.25, 0.3) is 11.1 Å². The van der Waals surface area contributed by atoms with Crippen molar-refractivity contribution in [2.24, 2.45) is 4.99 Å². The number of aromatic nitrogens is 1. The minimum absolute atomic E-state index is 0.0168. The fraction of sp³-hybridized carbons (Fsp3) is 0.500. The van der Waals surface area contributed by atoms with E-state index in [1.54, 1.807) is 16.7 Å². The first-order chi connectivity index (χ1) is 10.1. The number of isocyanates is 1. The second kappa shape index (κ2) is 5.01. The minimum atomic E-state index is -0.481. The van der Waals surface area contributed by atoms with Gasteiger partial charge in [-0.15, -0.1) is 0 Å². The van der Waals surface area contributed by atoms with Crippen LogP contribution in [0.5, 0.6) is 0 Å². The molecule has 21 heavy (non-hydrogen) atoms. The van der Waals surface area contributed by atoms with E-state index in [0.29, 0.717) is 5.58 Å². The predicted molar refractivity (Wildman–Crippen MR) is 79.1 cm³/mol. The molecule has 0 amide bonds. The van der Waals surface area contributed by atoms with Gasteiger partial charge < -0.3 is 4.42 Å². The van der Waals surface area contributed by atoms with E-state index in [0.717, 1.165) is 36.8 Å². The van der Waals surface area contributed by atoms with Crippen molar-refractivity contribution in [2.45, 2.75) is 51.1 Å². The van der Waals surface area contributed by atoms with E-state index < -0.39 is 5.54 Å². The summed E-state index contributed by atoms with van der Waals surface area (Å²) in [6, 6.07) is 5.66. The quantitative estimate of drug-likeness (QED) is 0.642. The van der Waals surface area contributed by atoms with Gasteiger partial charge in [-0.25, -0.2) is 9.59 Å². The average molecular weight is 286 g/mol. The first-order valence-corrected chi connectivity index (χ1v) is 7.32. The summed E-state index contributed by atoms with van der Waals surface area (Å²) in [5, 5.41) is 0. The van der Waals surface area contributed by atoms with E-state index in [1.165, 1.54) is 0 Å². The lowest BCUT2D eigenvalue weighted by atomic mass is 9.89. The van der Waals surface area contributed by atoms with Crippen LogP contribution in [0.3, 0.4) is 0 Å². The van der Waals surface area contributed by atoms with Crippen molar-refractivity contribution < 1.29 is 9.21 Å². The SMILES string of the molecule is CC(C)n1c(=O)oc2ccc(C3(N=C=O)CCCC3)cc21. The smallest absolute Gasteiger partial charge is 0.408 e. The molecular formula is C16H18N2O3. The second-order valence-corrected chi connectivity index (χ2v) is 5.96. The lowest BCUT2D eigenvalue weighted by Gasteiger charge is -2.22. The average Bonchev–Trinajstić information content (AvgIpc) is 3.02. The van der Waals surface area contributed by atoms with Crippen molar-refractivity contribution in [1.29, 1.82) is 0 Å². The van der Waals surface area contributed by atoms with Crippen molar-refractivity contribution in [3.63, 3.8) is 0 Å². The van der Waals surface area contributed by atoms with Gasteiger partial charge in [0.2, 0.25) is 6.08 Å². The van der Waals surface area contributed by atoms with Crippen LogP contribution in [0.2, 0.25) is 0 Å². The Hall–Kier alpha value is -2.13. The fourth-order valence-electron chi connectivity index (χ4n) is 3.32. The highest BCUT2D eigenvalue weighted by molar-refractivity contribution is 5.74. The zero-order chi connectivity index (χ0) is 15.0. The molecule has 1 aliphatic rings. The van der Waals surface area contributed by atoms with Gasteiger partial charge in [-0.3, -0.25) is 4.57 Å².